The van der Waals surface area contributed by atoms with E-state index in [-0.39, 0.29) is 41.7 Å². The van der Waals surface area contributed by atoms with Gasteiger partial charge < -0.3 is 46.6 Å². The van der Waals surface area contributed by atoms with E-state index in [4.69, 9.17) is 5.73 Å². The van der Waals surface area contributed by atoms with Crippen LogP contribution in [0, 0.1) is 11.8 Å². The highest BCUT2D eigenvalue weighted by molar-refractivity contribution is 6.23. The number of carbonyl (C=O) groups excluding carboxylic acids is 4. The first-order valence-electron chi connectivity index (χ1n) is 13.6. The molecule has 1 aromatic rings. The van der Waals surface area contributed by atoms with Crippen LogP contribution in [0.1, 0.15) is 44.7 Å². The average molecular weight is 586 g/mol. The minimum atomic E-state index is -2.66. The Morgan fingerprint density at radius 2 is 1.62 bits per heavy atom. The summed E-state index contributed by atoms with van der Waals surface area (Å²) in [6.45, 7) is 5.62. The first-order valence-corrected chi connectivity index (χ1v) is 13.6. The Balaban J connectivity index is 1.95. The van der Waals surface area contributed by atoms with Crippen molar-refractivity contribution in [1.82, 2.24) is 5.32 Å². The molecule has 2 amide bonds. The third-order valence-corrected chi connectivity index (χ3v) is 8.12. The molecule has 3 atom stereocenters. The molecular weight excluding hydrogens is 546 g/mol. The van der Waals surface area contributed by atoms with Crippen LogP contribution in [0.2, 0.25) is 0 Å². The lowest BCUT2D eigenvalue weighted by molar-refractivity contribution is -0.147. The molecule has 3 aliphatic rings. The summed E-state index contributed by atoms with van der Waals surface area (Å²) < 4.78 is 0. The number of hydrogen-bond donors (Lipinski definition) is 7. The zero-order chi connectivity index (χ0) is 31.6. The van der Waals surface area contributed by atoms with Gasteiger partial charge in [-0.25, -0.2) is 0 Å². The van der Waals surface area contributed by atoms with Gasteiger partial charge in [-0.1, -0.05) is 0 Å². The largest absolute Gasteiger partial charge is 0.508 e. The van der Waals surface area contributed by atoms with Crippen molar-refractivity contribution in [3.8, 4) is 5.75 Å². The van der Waals surface area contributed by atoms with Crippen molar-refractivity contribution in [1.29, 1.82) is 0 Å². The Labute approximate surface area is 243 Å². The third kappa shape index (κ3) is 4.75. The topological polar surface area (TPSA) is 206 Å². The van der Waals surface area contributed by atoms with Gasteiger partial charge in [-0.3, -0.25) is 19.2 Å². The van der Waals surface area contributed by atoms with E-state index in [1.54, 1.807) is 38.0 Å². The van der Waals surface area contributed by atoms with Crippen LogP contribution in [0.15, 0.2) is 16.9 Å². The minimum Gasteiger partial charge on any atom is -0.508 e. The van der Waals surface area contributed by atoms with Gasteiger partial charge in [0, 0.05) is 51.6 Å². The van der Waals surface area contributed by atoms with E-state index in [0.717, 1.165) is 0 Å². The number of carbonyl (C=O) groups is 4. The first kappa shape index (κ1) is 30.8. The molecule has 8 N–H and O–H groups in total. The number of hydrogen-bond acceptors (Lipinski definition) is 11. The second kappa shape index (κ2) is 10.3. The number of phenolic OH excluding ortho intramolecular Hbond substituents is 1. The number of rotatable bonds is 6. The molecular formula is C29H39N5O8. The molecule has 228 valence electrons. The Hall–Kier alpha value is -4.10. The van der Waals surface area contributed by atoms with Gasteiger partial charge in [0.25, 0.3) is 5.91 Å². The molecule has 13 nitrogen and oxygen atoms in total. The predicted octanol–water partition coefficient (Wildman–Crippen LogP) is 0.883. The number of aliphatic hydroxyl groups is 3. The normalized spacial score (nSPS) is 23.7. The van der Waals surface area contributed by atoms with E-state index in [1.165, 1.54) is 0 Å². The summed E-state index contributed by atoms with van der Waals surface area (Å²) >= 11 is 0. The van der Waals surface area contributed by atoms with Gasteiger partial charge in [0.1, 0.15) is 22.8 Å². The number of fused-ring (bicyclic) bond motifs is 3. The van der Waals surface area contributed by atoms with Gasteiger partial charge in [-0.15, -0.1) is 0 Å². The molecule has 0 spiro atoms. The van der Waals surface area contributed by atoms with Crippen molar-refractivity contribution in [2.24, 2.45) is 17.6 Å². The number of nitrogens with two attached hydrogens (primary N) is 1. The number of primary amides is 1. The van der Waals surface area contributed by atoms with E-state index in [1.807, 2.05) is 20.8 Å². The number of ketones is 2. The minimum absolute atomic E-state index is 0.00984. The van der Waals surface area contributed by atoms with E-state index in [0.29, 0.717) is 16.9 Å². The molecule has 0 saturated heterocycles. The molecule has 0 radical (unpaired) electrons. The zero-order valence-electron chi connectivity index (χ0n) is 24.9. The SMILES string of the molecule is CN(C)c1c2c(c(O)c(NC(=O)CNC(C)(C)C)c1N(C)C)C(O)=C1C(=O)C3(O)C(O)=C(C(N)=O)C(=O)CC3CC1C2. The molecule has 3 unspecified atom stereocenters. The highest BCUT2D eigenvalue weighted by atomic mass is 16.3. The number of benzene rings is 1. The van der Waals surface area contributed by atoms with Crippen molar-refractivity contribution < 1.29 is 39.6 Å². The maximum atomic E-state index is 13.9. The summed E-state index contributed by atoms with van der Waals surface area (Å²) in [5.41, 5.74) is 2.59. The van der Waals surface area contributed by atoms with Crippen LogP contribution >= 0.6 is 0 Å². The lowest BCUT2D eigenvalue weighted by atomic mass is 9.59. The highest BCUT2D eigenvalue weighted by Gasteiger charge is 2.60. The van der Waals surface area contributed by atoms with Gasteiger partial charge in [-0.2, -0.15) is 0 Å². The molecule has 1 aromatic carbocycles. The van der Waals surface area contributed by atoms with Gasteiger partial charge in [0.15, 0.2) is 17.1 Å². The van der Waals surface area contributed by atoms with E-state index >= 15 is 0 Å². The van der Waals surface area contributed by atoms with Crippen LogP contribution in [0.25, 0.3) is 5.76 Å². The number of anilines is 3. The summed E-state index contributed by atoms with van der Waals surface area (Å²) in [6, 6.07) is 0. The van der Waals surface area contributed by atoms with E-state index in [9.17, 15) is 39.6 Å². The van der Waals surface area contributed by atoms with Gasteiger partial charge in [0.2, 0.25) is 11.7 Å². The molecule has 0 aliphatic heterocycles. The monoisotopic (exact) mass is 585 g/mol. The summed E-state index contributed by atoms with van der Waals surface area (Å²) in [5, 5.41) is 51.3. The molecule has 42 heavy (non-hydrogen) atoms. The van der Waals surface area contributed by atoms with Gasteiger partial charge >= 0.3 is 0 Å². The van der Waals surface area contributed by atoms with Gasteiger partial charge in [0.05, 0.1) is 23.5 Å². The predicted molar refractivity (Wildman–Crippen MR) is 156 cm³/mol. The Bertz CT molecular complexity index is 1470. The first-order chi connectivity index (χ1) is 19.3. The quantitative estimate of drug-likeness (QED) is 0.184. The number of aliphatic hydroxyl groups excluding tert-OH is 2. The maximum Gasteiger partial charge on any atom is 0.255 e. The molecule has 1 fully saturated rings. The number of aromatic hydroxyl groups is 1. The molecule has 0 bridgehead atoms. The lowest BCUT2D eigenvalue weighted by Crippen LogP contribution is -2.58. The second-order valence-corrected chi connectivity index (χ2v) is 12.6. The van der Waals surface area contributed by atoms with Gasteiger partial charge in [-0.05, 0) is 45.1 Å². The number of nitrogens with zero attached hydrogens (tertiary/aromatic N) is 2. The fourth-order valence-corrected chi connectivity index (χ4v) is 6.29. The molecule has 3 aliphatic carbocycles. The molecule has 0 heterocycles. The fraction of sp³-hybridized carbons (Fsp3) is 0.517. The summed E-state index contributed by atoms with van der Waals surface area (Å²) in [4.78, 5) is 54.8. The Kier molecular flexibility index (Phi) is 7.58. The van der Waals surface area contributed by atoms with Crippen LogP contribution in [0.3, 0.4) is 0 Å². The maximum absolute atomic E-state index is 13.9. The van der Waals surface area contributed by atoms with Crippen LogP contribution in [0.5, 0.6) is 5.75 Å². The molecule has 0 aromatic heterocycles. The van der Waals surface area contributed by atoms with Crippen LogP contribution < -0.4 is 26.2 Å². The van der Waals surface area contributed by atoms with Crippen LogP contribution in [0.4, 0.5) is 17.1 Å². The summed E-state index contributed by atoms with van der Waals surface area (Å²) in [6.07, 6.45) is -0.245. The molecule has 1 saturated carbocycles. The van der Waals surface area contributed by atoms with Crippen molar-refractivity contribution in [2.75, 3.05) is 49.9 Å². The van der Waals surface area contributed by atoms with Crippen LogP contribution in [-0.4, -0.2) is 89.7 Å². The number of amides is 2. The fourth-order valence-electron chi connectivity index (χ4n) is 6.29. The average Bonchev–Trinajstić information content (AvgIpc) is 2.85. The number of nitrogens with one attached hydrogen (secondary N) is 2. The van der Waals surface area contributed by atoms with E-state index < -0.39 is 70.1 Å². The molecule has 13 heteroatoms. The lowest BCUT2D eigenvalue weighted by Gasteiger charge is -2.46. The van der Waals surface area contributed by atoms with E-state index in [2.05, 4.69) is 10.6 Å². The molecule has 4 rings (SSSR count). The zero-order valence-corrected chi connectivity index (χ0v) is 24.9. The second-order valence-electron chi connectivity index (χ2n) is 12.6. The Morgan fingerprint density at radius 1 is 1.02 bits per heavy atom. The van der Waals surface area contributed by atoms with Crippen molar-refractivity contribution >= 4 is 46.2 Å². The smallest absolute Gasteiger partial charge is 0.255 e. The van der Waals surface area contributed by atoms with Crippen LogP contribution in [-0.2, 0) is 25.6 Å². The summed E-state index contributed by atoms with van der Waals surface area (Å²) in [7, 11) is 7.01. The van der Waals surface area contributed by atoms with Crippen molar-refractivity contribution in [3.05, 3.63) is 28.0 Å². The number of phenols is 1. The van der Waals surface area contributed by atoms with Crippen molar-refractivity contribution in [3.63, 3.8) is 0 Å². The summed E-state index contributed by atoms with van der Waals surface area (Å²) in [5.74, 6) is -7.60. The standard InChI is InChI=1S/C29H39N5O8/c1-28(2,3)31-11-16(36)32-20-22(34(6)7)21(33(4)5)14-9-12-8-13-10-15(35)19(27(30)41)26(40)29(13,42)25(39)17(12)23(37)18(14)24(20)38/h12-13,31,37-38,40,42H,8-11H2,1-7H3,(H2,30,41)(H,32,36). The third-order valence-electron chi connectivity index (χ3n) is 8.12. The van der Waals surface area contributed by atoms with Crippen molar-refractivity contribution in [2.45, 2.75) is 51.2 Å². The Morgan fingerprint density at radius 3 is 2.14 bits per heavy atom. The highest BCUT2D eigenvalue weighted by Crippen LogP contribution is 2.56. The number of Topliss-reactive ketones (excluding diaryl/α,β-unsaturated/α-hetero) is 2.